The van der Waals surface area contributed by atoms with Crippen LogP contribution in [0.4, 0.5) is 18.9 Å². The molecule has 0 radical (unpaired) electrons. The van der Waals surface area contributed by atoms with Gasteiger partial charge >= 0.3 is 6.18 Å². The zero-order chi connectivity index (χ0) is 13.9. The van der Waals surface area contributed by atoms with Crippen LogP contribution in [0.15, 0.2) is 18.2 Å². The lowest BCUT2D eigenvalue weighted by Gasteiger charge is -2.17. The van der Waals surface area contributed by atoms with Crippen LogP contribution >= 0.6 is 12.2 Å². The average Bonchev–Trinajstić information content (AvgIpc) is 2.27. The van der Waals surface area contributed by atoms with E-state index in [9.17, 15) is 13.2 Å². The molecule has 0 aromatic heterocycles. The predicted molar refractivity (Wildman–Crippen MR) is 70.7 cm³/mol. The van der Waals surface area contributed by atoms with E-state index >= 15 is 0 Å². The van der Waals surface area contributed by atoms with Crippen molar-refractivity contribution in [2.75, 3.05) is 5.32 Å². The Balaban J connectivity index is 3.16. The van der Waals surface area contributed by atoms with E-state index in [2.05, 4.69) is 17.5 Å². The number of nitrogens with one attached hydrogen (secondary N) is 1. The maximum atomic E-state index is 12.7. The van der Waals surface area contributed by atoms with Crippen LogP contribution in [0.25, 0.3) is 0 Å². The standard InChI is InChI=1S/C12H15F3N2S/c1-3-7(2)17-8-4-5-10(12(13,14)15)9(6-8)11(16)18/h4-7,17H,3H2,1-2H3,(H2,16,18). The van der Waals surface area contributed by atoms with Crippen molar-refractivity contribution >= 4 is 22.9 Å². The Labute approximate surface area is 109 Å². The van der Waals surface area contributed by atoms with Crippen LogP contribution in [-0.4, -0.2) is 11.0 Å². The molecule has 1 rings (SSSR count). The van der Waals surface area contributed by atoms with Crippen molar-refractivity contribution in [3.63, 3.8) is 0 Å². The molecule has 6 heteroatoms. The first-order chi connectivity index (χ1) is 8.25. The fraction of sp³-hybridized carbons (Fsp3) is 0.417. The highest BCUT2D eigenvalue weighted by molar-refractivity contribution is 7.80. The third-order valence-corrected chi connectivity index (χ3v) is 2.84. The Bertz CT molecular complexity index is 443. The van der Waals surface area contributed by atoms with Crippen molar-refractivity contribution in [3.05, 3.63) is 29.3 Å². The number of benzene rings is 1. The van der Waals surface area contributed by atoms with Crippen LogP contribution < -0.4 is 11.1 Å². The van der Waals surface area contributed by atoms with Gasteiger partial charge in [0.25, 0.3) is 0 Å². The maximum absolute atomic E-state index is 12.7. The van der Waals surface area contributed by atoms with Gasteiger partial charge in [-0.05, 0) is 31.5 Å². The first-order valence-corrected chi connectivity index (χ1v) is 5.94. The van der Waals surface area contributed by atoms with Gasteiger partial charge in [-0.25, -0.2) is 0 Å². The molecule has 18 heavy (non-hydrogen) atoms. The molecule has 1 atom stereocenters. The quantitative estimate of drug-likeness (QED) is 0.826. The van der Waals surface area contributed by atoms with Crippen molar-refractivity contribution in [3.8, 4) is 0 Å². The summed E-state index contributed by atoms with van der Waals surface area (Å²) in [5.41, 5.74) is 4.98. The fourth-order valence-electron chi connectivity index (χ4n) is 1.47. The molecule has 0 aliphatic carbocycles. The molecule has 0 amide bonds. The van der Waals surface area contributed by atoms with Gasteiger partial charge in [0.15, 0.2) is 0 Å². The van der Waals surface area contributed by atoms with Crippen LogP contribution in [-0.2, 0) is 6.18 Å². The van der Waals surface area contributed by atoms with E-state index in [1.165, 1.54) is 12.1 Å². The molecule has 1 aromatic rings. The van der Waals surface area contributed by atoms with E-state index in [-0.39, 0.29) is 16.6 Å². The van der Waals surface area contributed by atoms with E-state index in [0.717, 1.165) is 12.5 Å². The number of rotatable bonds is 4. The Kier molecular flexibility index (Phi) is 4.56. The third kappa shape index (κ3) is 3.60. The number of nitrogens with two attached hydrogens (primary N) is 1. The molecule has 0 fully saturated rings. The molecule has 2 nitrogen and oxygen atoms in total. The maximum Gasteiger partial charge on any atom is 0.417 e. The van der Waals surface area contributed by atoms with E-state index in [1.54, 1.807) is 0 Å². The fourth-order valence-corrected chi connectivity index (χ4v) is 1.64. The molecular formula is C12H15F3N2S. The molecule has 100 valence electrons. The van der Waals surface area contributed by atoms with Gasteiger partial charge in [0.2, 0.25) is 0 Å². The van der Waals surface area contributed by atoms with Gasteiger partial charge in [0.05, 0.1) is 5.56 Å². The van der Waals surface area contributed by atoms with E-state index in [1.807, 2.05) is 13.8 Å². The minimum atomic E-state index is -4.45. The molecule has 3 N–H and O–H groups in total. The minimum Gasteiger partial charge on any atom is -0.389 e. The summed E-state index contributed by atoms with van der Waals surface area (Å²) in [7, 11) is 0. The van der Waals surface area contributed by atoms with Crippen LogP contribution in [0.5, 0.6) is 0 Å². The number of hydrogen-bond acceptors (Lipinski definition) is 2. The smallest absolute Gasteiger partial charge is 0.389 e. The summed E-state index contributed by atoms with van der Waals surface area (Å²) in [4.78, 5) is -0.255. The Morgan fingerprint density at radius 3 is 2.50 bits per heavy atom. The van der Waals surface area contributed by atoms with Gasteiger partial charge in [-0.3, -0.25) is 0 Å². The largest absolute Gasteiger partial charge is 0.417 e. The average molecular weight is 276 g/mol. The second-order valence-corrected chi connectivity index (χ2v) is 4.52. The molecule has 1 aromatic carbocycles. The van der Waals surface area contributed by atoms with Gasteiger partial charge in [-0.15, -0.1) is 0 Å². The molecule has 0 aliphatic rings. The van der Waals surface area contributed by atoms with Gasteiger partial charge in [0, 0.05) is 17.3 Å². The van der Waals surface area contributed by atoms with Gasteiger partial charge in [-0.2, -0.15) is 13.2 Å². The first-order valence-electron chi connectivity index (χ1n) is 5.53. The summed E-state index contributed by atoms with van der Waals surface area (Å²) in [6, 6.07) is 3.90. The molecule has 0 spiro atoms. The summed E-state index contributed by atoms with van der Waals surface area (Å²) in [6.45, 7) is 3.92. The van der Waals surface area contributed by atoms with Crippen LogP contribution in [0.2, 0.25) is 0 Å². The minimum absolute atomic E-state index is 0.147. The normalized spacial score (nSPS) is 13.2. The number of anilines is 1. The molecule has 0 bridgehead atoms. The summed E-state index contributed by atoms with van der Waals surface area (Å²) in [5.74, 6) is 0. The van der Waals surface area contributed by atoms with Crippen molar-refractivity contribution in [1.82, 2.24) is 0 Å². The van der Waals surface area contributed by atoms with Crippen LogP contribution in [0, 0.1) is 0 Å². The molecule has 0 aliphatic heterocycles. The van der Waals surface area contributed by atoms with Crippen molar-refractivity contribution < 1.29 is 13.2 Å². The highest BCUT2D eigenvalue weighted by atomic mass is 32.1. The van der Waals surface area contributed by atoms with Gasteiger partial charge < -0.3 is 11.1 Å². The summed E-state index contributed by atoms with van der Waals surface area (Å²) in [6.07, 6.45) is -3.59. The number of hydrogen-bond donors (Lipinski definition) is 2. The summed E-state index contributed by atoms with van der Waals surface area (Å²) < 4.78 is 38.2. The lowest BCUT2D eigenvalue weighted by molar-refractivity contribution is -0.137. The Morgan fingerprint density at radius 1 is 1.44 bits per heavy atom. The highest BCUT2D eigenvalue weighted by Gasteiger charge is 2.34. The van der Waals surface area contributed by atoms with Crippen LogP contribution in [0.3, 0.4) is 0 Å². The Hall–Kier alpha value is -1.30. The number of alkyl halides is 3. The number of thiocarbonyl (C=S) groups is 1. The van der Waals surface area contributed by atoms with Crippen molar-refractivity contribution in [2.24, 2.45) is 5.73 Å². The second kappa shape index (κ2) is 5.56. The first kappa shape index (κ1) is 14.8. The predicted octanol–water partition coefficient (Wildman–Crippen LogP) is 3.55. The molecule has 1 unspecified atom stereocenters. The topological polar surface area (TPSA) is 38.0 Å². The van der Waals surface area contributed by atoms with E-state index in [0.29, 0.717) is 5.69 Å². The van der Waals surface area contributed by atoms with E-state index < -0.39 is 11.7 Å². The highest BCUT2D eigenvalue weighted by Crippen LogP contribution is 2.33. The molecular weight excluding hydrogens is 261 g/mol. The lowest BCUT2D eigenvalue weighted by Crippen LogP contribution is -2.19. The molecule has 0 heterocycles. The van der Waals surface area contributed by atoms with Gasteiger partial charge in [-0.1, -0.05) is 19.1 Å². The zero-order valence-corrected chi connectivity index (χ0v) is 11.0. The number of halogens is 3. The molecule has 0 saturated heterocycles. The Morgan fingerprint density at radius 2 is 2.06 bits per heavy atom. The monoisotopic (exact) mass is 276 g/mol. The third-order valence-electron chi connectivity index (χ3n) is 2.62. The van der Waals surface area contributed by atoms with Crippen molar-refractivity contribution in [2.45, 2.75) is 32.5 Å². The summed E-state index contributed by atoms with van der Waals surface area (Å²) in [5, 5.41) is 3.08. The van der Waals surface area contributed by atoms with Crippen LogP contribution in [0.1, 0.15) is 31.4 Å². The second-order valence-electron chi connectivity index (χ2n) is 4.08. The lowest BCUT2D eigenvalue weighted by atomic mass is 10.1. The van der Waals surface area contributed by atoms with Crippen molar-refractivity contribution in [1.29, 1.82) is 0 Å². The SMILES string of the molecule is CCC(C)Nc1ccc(C(F)(F)F)c(C(N)=S)c1. The zero-order valence-electron chi connectivity index (χ0n) is 10.1. The van der Waals surface area contributed by atoms with E-state index in [4.69, 9.17) is 5.73 Å². The summed E-state index contributed by atoms with van der Waals surface area (Å²) >= 11 is 4.67. The van der Waals surface area contributed by atoms with Gasteiger partial charge in [0.1, 0.15) is 4.99 Å². The molecule has 0 saturated carbocycles.